The maximum atomic E-state index is 14.4. The molecule has 0 radical (unpaired) electrons. The maximum absolute atomic E-state index is 14.4. The quantitative estimate of drug-likeness (QED) is 0.609. The first kappa shape index (κ1) is 22.1. The van der Waals surface area contributed by atoms with E-state index in [1.807, 2.05) is 11.0 Å². The monoisotopic (exact) mass is 450 g/mol. The van der Waals surface area contributed by atoms with Crippen molar-refractivity contribution in [2.45, 2.75) is 6.92 Å². The van der Waals surface area contributed by atoms with E-state index in [0.29, 0.717) is 43.2 Å². The van der Waals surface area contributed by atoms with E-state index in [4.69, 9.17) is 4.74 Å². The molecule has 0 saturated carbocycles. The van der Waals surface area contributed by atoms with Crippen LogP contribution in [0.5, 0.6) is 0 Å². The number of nitrogens with one attached hydrogen (secondary N) is 2. The normalized spacial score (nSPS) is 13.3. The van der Waals surface area contributed by atoms with Crippen LogP contribution in [-0.4, -0.2) is 42.2 Å². The first-order valence-corrected chi connectivity index (χ1v) is 10.2. The van der Waals surface area contributed by atoms with Crippen molar-refractivity contribution in [3.63, 3.8) is 0 Å². The summed E-state index contributed by atoms with van der Waals surface area (Å²) in [5.74, 6) is -1.16. The van der Waals surface area contributed by atoms with Crippen LogP contribution in [-0.2, 0) is 9.53 Å². The van der Waals surface area contributed by atoms with Crippen molar-refractivity contribution in [3.8, 4) is 17.3 Å². The predicted octanol–water partition coefficient (Wildman–Crippen LogP) is 3.83. The zero-order valence-electron chi connectivity index (χ0n) is 17.7. The van der Waals surface area contributed by atoms with Gasteiger partial charge in [-0.15, -0.1) is 0 Å². The molecule has 1 aliphatic heterocycles. The van der Waals surface area contributed by atoms with Crippen LogP contribution in [0.25, 0.3) is 11.3 Å². The third kappa shape index (κ3) is 5.22. The van der Waals surface area contributed by atoms with E-state index in [1.165, 1.54) is 37.4 Å². The number of carbonyl (C=O) groups is 1. The molecule has 0 atom stereocenters. The minimum atomic E-state index is -0.595. The molecule has 2 N–H and O–H groups in total. The first-order chi connectivity index (χ1) is 15.9. The molecule has 1 saturated heterocycles. The Balaban J connectivity index is 1.66. The van der Waals surface area contributed by atoms with Gasteiger partial charge in [-0.25, -0.2) is 18.7 Å². The Hall–Kier alpha value is -4.10. The third-order valence-corrected chi connectivity index (χ3v) is 4.95. The summed E-state index contributed by atoms with van der Waals surface area (Å²) in [4.78, 5) is 21.8. The van der Waals surface area contributed by atoms with Crippen LogP contribution >= 0.6 is 0 Å². The lowest BCUT2D eigenvalue weighted by Crippen LogP contribution is -2.36. The van der Waals surface area contributed by atoms with Gasteiger partial charge in [0, 0.05) is 37.0 Å². The summed E-state index contributed by atoms with van der Waals surface area (Å²) in [7, 11) is 0. The Morgan fingerprint density at radius 3 is 2.67 bits per heavy atom. The van der Waals surface area contributed by atoms with Crippen LogP contribution in [0.3, 0.4) is 0 Å². The van der Waals surface area contributed by atoms with Gasteiger partial charge in [-0.2, -0.15) is 5.26 Å². The SMILES string of the molecule is CC(=O)Nc1cc(F)cc(-c2nc(Nc3ccc(F)c(N4CCOCC4)c3)ncc2C#N)c1. The Bertz CT molecular complexity index is 1240. The molecule has 0 bridgehead atoms. The number of rotatable bonds is 5. The van der Waals surface area contributed by atoms with Crippen LogP contribution < -0.4 is 15.5 Å². The number of nitrogens with zero attached hydrogens (tertiary/aromatic N) is 4. The summed E-state index contributed by atoms with van der Waals surface area (Å²) in [5.41, 5.74) is 1.84. The van der Waals surface area contributed by atoms with Gasteiger partial charge >= 0.3 is 0 Å². The van der Waals surface area contributed by atoms with Crippen LogP contribution in [0.1, 0.15) is 12.5 Å². The molecule has 4 rings (SSSR count). The van der Waals surface area contributed by atoms with E-state index in [1.54, 1.807) is 12.1 Å². The van der Waals surface area contributed by atoms with Crippen LogP contribution in [0.15, 0.2) is 42.6 Å². The Kier molecular flexibility index (Phi) is 6.42. The molecule has 8 nitrogen and oxygen atoms in total. The average molecular weight is 450 g/mol. The summed E-state index contributed by atoms with van der Waals surface area (Å²) in [6, 6.07) is 10.5. The number of morpholine rings is 1. The second-order valence-corrected chi connectivity index (χ2v) is 7.37. The average Bonchev–Trinajstić information content (AvgIpc) is 2.80. The number of anilines is 4. The van der Waals surface area contributed by atoms with Gasteiger partial charge in [0.1, 0.15) is 17.7 Å². The lowest BCUT2D eigenvalue weighted by molar-refractivity contribution is -0.114. The number of carbonyl (C=O) groups excluding carboxylic acids is 1. The van der Waals surface area contributed by atoms with Crippen molar-refractivity contribution in [1.29, 1.82) is 5.26 Å². The fraction of sp³-hybridized carbons (Fsp3) is 0.217. The fourth-order valence-corrected chi connectivity index (χ4v) is 3.51. The number of benzene rings is 2. The minimum Gasteiger partial charge on any atom is -0.378 e. The molecule has 0 unspecified atom stereocenters. The van der Waals surface area contributed by atoms with Crippen molar-refractivity contribution in [1.82, 2.24) is 9.97 Å². The van der Waals surface area contributed by atoms with Gasteiger partial charge in [-0.05, 0) is 36.4 Å². The number of nitriles is 1. The zero-order chi connectivity index (χ0) is 23.4. The highest BCUT2D eigenvalue weighted by Gasteiger charge is 2.17. The first-order valence-electron chi connectivity index (χ1n) is 10.2. The van der Waals surface area contributed by atoms with E-state index in [2.05, 4.69) is 20.6 Å². The lowest BCUT2D eigenvalue weighted by atomic mass is 10.1. The predicted molar refractivity (Wildman–Crippen MR) is 119 cm³/mol. The topological polar surface area (TPSA) is 103 Å². The second-order valence-electron chi connectivity index (χ2n) is 7.37. The van der Waals surface area contributed by atoms with Crippen molar-refractivity contribution >= 4 is 28.9 Å². The summed E-state index contributed by atoms with van der Waals surface area (Å²) < 4.78 is 33.9. The van der Waals surface area contributed by atoms with Gasteiger partial charge in [0.25, 0.3) is 0 Å². The van der Waals surface area contributed by atoms with Crippen molar-refractivity contribution < 1.29 is 18.3 Å². The van der Waals surface area contributed by atoms with E-state index >= 15 is 0 Å². The van der Waals surface area contributed by atoms with Crippen LogP contribution in [0.2, 0.25) is 0 Å². The largest absolute Gasteiger partial charge is 0.378 e. The number of halogens is 2. The van der Waals surface area contributed by atoms with Crippen LogP contribution in [0.4, 0.5) is 31.8 Å². The molecule has 33 heavy (non-hydrogen) atoms. The summed E-state index contributed by atoms with van der Waals surface area (Å²) >= 11 is 0. The van der Waals surface area contributed by atoms with E-state index in [0.717, 1.165) is 0 Å². The minimum absolute atomic E-state index is 0.132. The molecule has 168 valence electrons. The molecule has 10 heteroatoms. The molecule has 1 fully saturated rings. The molecule has 3 aromatic rings. The molecule has 2 heterocycles. The number of amides is 1. The highest BCUT2D eigenvalue weighted by Crippen LogP contribution is 2.29. The maximum Gasteiger partial charge on any atom is 0.227 e. The van der Waals surface area contributed by atoms with Gasteiger partial charge in [0.05, 0.1) is 36.4 Å². The second kappa shape index (κ2) is 9.58. The molecule has 2 aromatic carbocycles. The van der Waals surface area contributed by atoms with Crippen LogP contribution in [0, 0.1) is 23.0 Å². The molecular weight excluding hydrogens is 430 g/mol. The van der Waals surface area contributed by atoms with Gasteiger partial charge in [0.2, 0.25) is 11.9 Å². The number of ether oxygens (including phenoxy) is 1. The number of aromatic nitrogens is 2. The standard InChI is InChI=1S/C23H20F2N6O2/c1-14(32)28-19-9-15(8-17(24)10-19)22-16(12-26)13-27-23(30-22)29-18-2-3-20(25)21(11-18)31-4-6-33-7-5-31/h2-3,8-11,13H,4-7H2,1H3,(H,28,32)(H,27,29,30). The highest BCUT2D eigenvalue weighted by atomic mass is 19.1. The van der Waals surface area contributed by atoms with Crippen molar-refractivity contribution in [2.75, 3.05) is 41.8 Å². The van der Waals surface area contributed by atoms with E-state index < -0.39 is 5.82 Å². The summed E-state index contributed by atoms with van der Waals surface area (Å²) in [6.45, 7) is 3.51. The van der Waals surface area contributed by atoms with Gasteiger partial charge in [0.15, 0.2) is 0 Å². The zero-order valence-corrected chi connectivity index (χ0v) is 17.7. The molecule has 1 amide bonds. The molecule has 0 spiro atoms. The summed E-state index contributed by atoms with van der Waals surface area (Å²) in [6.07, 6.45) is 1.32. The van der Waals surface area contributed by atoms with Crippen molar-refractivity contribution in [2.24, 2.45) is 0 Å². The third-order valence-electron chi connectivity index (χ3n) is 4.95. The highest BCUT2D eigenvalue weighted by molar-refractivity contribution is 5.89. The molecule has 1 aliphatic rings. The molecule has 0 aliphatic carbocycles. The van der Waals surface area contributed by atoms with Gasteiger partial charge < -0.3 is 20.3 Å². The Morgan fingerprint density at radius 1 is 1.15 bits per heavy atom. The fourth-order valence-electron chi connectivity index (χ4n) is 3.51. The Morgan fingerprint density at radius 2 is 1.94 bits per heavy atom. The molecule has 1 aromatic heterocycles. The Labute approximate surface area is 188 Å². The smallest absolute Gasteiger partial charge is 0.227 e. The number of hydrogen-bond acceptors (Lipinski definition) is 7. The lowest BCUT2D eigenvalue weighted by Gasteiger charge is -2.29. The van der Waals surface area contributed by atoms with Gasteiger partial charge in [-0.1, -0.05) is 0 Å². The van der Waals surface area contributed by atoms with Crippen molar-refractivity contribution in [3.05, 3.63) is 59.8 Å². The van der Waals surface area contributed by atoms with Gasteiger partial charge in [-0.3, -0.25) is 4.79 Å². The van der Waals surface area contributed by atoms with E-state index in [9.17, 15) is 18.8 Å². The molecular formula is C23H20F2N6O2. The number of hydrogen-bond donors (Lipinski definition) is 2. The van der Waals surface area contributed by atoms with E-state index in [-0.39, 0.29) is 34.6 Å². The summed E-state index contributed by atoms with van der Waals surface area (Å²) in [5, 5.41) is 15.0.